The minimum Gasteiger partial charge on any atom is -0.343 e. The fourth-order valence-corrected chi connectivity index (χ4v) is 3.38. The summed E-state index contributed by atoms with van der Waals surface area (Å²) in [5.41, 5.74) is 0.908. The van der Waals surface area contributed by atoms with Gasteiger partial charge in [0, 0.05) is 24.1 Å². The van der Waals surface area contributed by atoms with E-state index in [-0.39, 0.29) is 17.9 Å². The Morgan fingerprint density at radius 3 is 2.83 bits per heavy atom. The Kier molecular flexibility index (Phi) is 3.60. The number of fused-ring (bicyclic) bond motifs is 2. The van der Waals surface area contributed by atoms with Gasteiger partial charge in [0.05, 0.1) is 12.6 Å². The molecule has 0 unspecified atom stereocenters. The molecule has 120 valence electrons. The Labute approximate surface area is 142 Å². The number of Topliss-reactive ketones (excluding diaryl/α,β-unsaturated/α-hetero) is 1. The van der Waals surface area contributed by atoms with Gasteiger partial charge >= 0.3 is 0 Å². The number of nitrogens with zero attached hydrogens (tertiary/aromatic N) is 3. The van der Waals surface area contributed by atoms with Crippen LogP contribution in [0.4, 0.5) is 0 Å². The number of ketones is 1. The molecule has 0 amide bonds. The van der Waals surface area contributed by atoms with Crippen LogP contribution >= 0.6 is 23.8 Å². The number of halogens is 1. The highest BCUT2D eigenvalue weighted by Gasteiger charge is 2.45. The molecule has 0 saturated carbocycles. The van der Waals surface area contributed by atoms with Crippen LogP contribution < -0.4 is 0 Å². The van der Waals surface area contributed by atoms with Gasteiger partial charge in [-0.05, 0) is 36.5 Å². The number of carbonyl (C=O) groups excluding carboxylic acids is 1. The Morgan fingerprint density at radius 2 is 2.09 bits per heavy atom. The number of ether oxygens (including phenoxy) is 2. The van der Waals surface area contributed by atoms with E-state index in [9.17, 15) is 4.79 Å². The first-order valence-electron chi connectivity index (χ1n) is 7.26. The summed E-state index contributed by atoms with van der Waals surface area (Å²) in [7, 11) is 1.86. The van der Waals surface area contributed by atoms with Gasteiger partial charge in [0.15, 0.2) is 16.4 Å². The van der Waals surface area contributed by atoms with Crippen LogP contribution in [0.2, 0.25) is 5.02 Å². The van der Waals surface area contributed by atoms with Gasteiger partial charge in [0.25, 0.3) is 0 Å². The van der Waals surface area contributed by atoms with Gasteiger partial charge in [0.1, 0.15) is 6.10 Å². The second-order valence-corrected chi connectivity index (χ2v) is 6.50. The first-order chi connectivity index (χ1) is 11.0. The first-order valence-corrected chi connectivity index (χ1v) is 8.04. The summed E-state index contributed by atoms with van der Waals surface area (Å²) >= 11 is 11.4. The molecule has 4 rings (SSSR count). The topological polar surface area (TPSA) is 58.3 Å². The van der Waals surface area contributed by atoms with Crippen LogP contribution in [0, 0.1) is 4.77 Å². The highest BCUT2D eigenvalue weighted by molar-refractivity contribution is 7.71. The highest BCUT2D eigenvalue weighted by atomic mass is 35.5. The highest BCUT2D eigenvalue weighted by Crippen LogP contribution is 2.33. The molecule has 2 aromatic rings. The molecule has 2 fully saturated rings. The fraction of sp³-hybridized carbons (Fsp3) is 0.400. The van der Waals surface area contributed by atoms with Crippen LogP contribution in [0.25, 0.3) is 11.4 Å². The molecule has 23 heavy (non-hydrogen) atoms. The summed E-state index contributed by atoms with van der Waals surface area (Å²) in [5.74, 6) is 0.657. The summed E-state index contributed by atoms with van der Waals surface area (Å²) in [6, 6.07) is 7.16. The van der Waals surface area contributed by atoms with E-state index in [1.54, 1.807) is 4.68 Å². The van der Waals surface area contributed by atoms with E-state index in [0.29, 0.717) is 22.8 Å². The third-order valence-corrected chi connectivity index (χ3v) is 4.95. The lowest BCUT2D eigenvalue weighted by Gasteiger charge is -2.26. The quantitative estimate of drug-likeness (QED) is 0.778. The van der Waals surface area contributed by atoms with Crippen molar-refractivity contribution in [1.29, 1.82) is 0 Å². The number of aromatic nitrogens is 3. The lowest BCUT2D eigenvalue weighted by Crippen LogP contribution is -2.37. The first kappa shape index (κ1) is 15.0. The minimum atomic E-state index is -0.718. The average molecular weight is 352 g/mol. The van der Waals surface area contributed by atoms with Crippen LogP contribution in [0.1, 0.15) is 12.5 Å². The van der Waals surface area contributed by atoms with Crippen molar-refractivity contribution in [3.63, 3.8) is 0 Å². The van der Waals surface area contributed by atoms with Gasteiger partial charge in [-0.1, -0.05) is 11.6 Å². The van der Waals surface area contributed by atoms with Gasteiger partial charge in [-0.15, -0.1) is 0 Å². The van der Waals surface area contributed by atoms with Crippen LogP contribution in [0.15, 0.2) is 24.3 Å². The second-order valence-electron chi connectivity index (χ2n) is 5.69. The van der Waals surface area contributed by atoms with Crippen molar-refractivity contribution in [3.05, 3.63) is 34.1 Å². The fourth-order valence-electron chi connectivity index (χ4n) is 2.99. The Hall–Kier alpha value is -1.54. The Bertz CT molecular complexity index is 829. The lowest BCUT2D eigenvalue weighted by atomic mass is 10.0. The molecule has 8 heteroatoms. The molecular weight excluding hydrogens is 338 g/mol. The van der Waals surface area contributed by atoms with Gasteiger partial charge in [-0.2, -0.15) is 5.10 Å². The van der Waals surface area contributed by atoms with E-state index < -0.39 is 6.29 Å². The van der Waals surface area contributed by atoms with Crippen molar-refractivity contribution in [1.82, 2.24) is 14.3 Å². The number of benzene rings is 1. The van der Waals surface area contributed by atoms with Crippen LogP contribution in [-0.4, -0.2) is 39.1 Å². The van der Waals surface area contributed by atoms with Crippen LogP contribution in [0.3, 0.4) is 0 Å². The van der Waals surface area contributed by atoms with Crippen LogP contribution in [-0.2, 0) is 21.3 Å². The van der Waals surface area contributed by atoms with Gasteiger partial charge in [-0.3, -0.25) is 4.79 Å². The zero-order valence-corrected chi connectivity index (χ0v) is 13.9. The van der Waals surface area contributed by atoms with Gasteiger partial charge < -0.3 is 14.0 Å². The lowest BCUT2D eigenvalue weighted by molar-refractivity contribution is -0.156. The monoisotopic (exact) mass is 351 g/mol. The molecule has 0 N–H and O–H groups in total. The number of hydrogen-bond donors (Lipinski definition) is 0. The third kappa shape index (κ3) is 2.44. The zero-order valence-electron chi connectivity index (χ0n) is 12.3. The predicted octanol–water partition coefficient (Wildman–Crippen LogP) is 2.53. The molecule has 1 aromatic carbocycles. The standard InChI is InChI=1S/C15H14ClN3O3S/c1-18-13(8-2-4-9(16)5-3-8)17-19(15(18)23)10-6-11(20)14-21-7-12(10)22-14/h2-5,10,12,14H,6-7H2,1H3/t10-,12+,14+/m1/s1. The summed E-state index contributed by atoms with van der Waals surface area (Å²) in [6.07, 6.45) is -0.594. The molecular formula is C15H14ClN3O3S. The maximum Gasteiger partial charge on any atom is 0.218 e. The number of rotatable bonds is 2. The third-order valence-electron chi connectivity index (χ3n) is 4.23. The summed E-state index contributed by atoms with van der Waals surface area (Å²) in [6.45, 7) is 0.385. The minimum absolute atomic E-state index is 0.0654. The second kappa shape index (κ2) is 5.52. The molecule has 0 radical (unpaired) electrons. The van der Waals surface area contributed by atoms with E-state index in [1.807, 2.05) is 35.9 Å². The van der Waals surface area contributed by atoms with Crippen molar-refractivity contribution < 1.29 is 14.3 Å². The van der Waals surface area contributed by atoms with Crippen LogP contribution in [0.5, 0.6) is 0 Å². The normalized spacial score (nSPS) is 26.7. The van der Waals surface area contributed by atoms with E-state index in [0.717, 1.165) is 11.4 Å². The summed E-state index contributed by atoms with van der Waals surface area (Å²) in [5, 5.41) is 5.29. The maximum absolute atomic E-state index is 12.0. The molecule has 1 aromatic heterocycles. The molecule has 2 bridgehead atoms. The van der Waals surface area contributed by atoms with Crippen molar-refractivity contribution in [2.75, 3.05) is 6.61 Å². The Balaban J connectivity index is 1.76. The van der Waals surface area contributed by atoms with E-state index in [1.165, 1.54) is 0 Å². The molecule has 0 spiro atoms. The predicted molar refractivity (Wildman–Crippen MR) is 85.8 cm³/mol. The number of carbonyl (C=O) groups is 1. The van der Waals surface area contributed by atoms with E-state index >= 15 is 0 Å². The van der Waals surface area contributed by atoms with Crippen molar-refractivity contribution in [2.45, 2.75) is 24.9 Å². The maximum atomic E-state index is 12.0. The van der Waals surface area contributed by atoms with Crippen molar-refractivity contribution in [3.8, 4) is 11.4 Å². The molecule has 2 saturated heterocycles. The SMILES string of the molecule is Cn1c(-c2ccc(Cl)cc2)nn([C@@H]2CC(=O)[C@H]3OC[C@@H]2O3)c1=S. The molecule has 3 heterocycles. The smallest absolute Gasteiger partial charge is 0.218 e. The summed E-state index contributed by atoms with van der Waals surface area (Å²) in [4.78, 5) is 12.0. The van der Waals surface area contributed by atoms with Crippen molar-refractivity contribution >= 4 is 29.6 Å². The number of hydrogen-bond acceptors (Lipinski definition) is 5. The van der Waals surface area contributed by atoms with Crippen molar-refractivity contribution in [2.24, 2.45) is 7.05 Å². The average Bonchev–Trinajstić information content (AvgIpc) is 3.09. The van der Waals surface area contributed by atoms with E-state index in [2.05, 4.69) is 5.10 Å². The Morgan fingerprint density at radius 1 is 1.35 bits per heavy atom. The largest absolute Gasteiger partial charge is 0.343 e. The zero-order chi connectivity index (χ0) is 16.1. The molecule has 6 nitrogen and oxygen atoms in total. The molecule has 0 aliphatic carbocycles. The molecule has 2 aliphatic rings. The molecule has 2 aliphatic heterocycles. The molecule has 3 atom stereocenters. The summed E-state index contributed by atoms with van der Waals surface area (Å²) < 4.78 is 15.0. The van der Waals surface area contributed by atoms with E-state index in [4.69, 9.17) is 33.3 Å². The van der Waals surface area contributed by atoms with Gasteiger partial charge in [-0.25, -0.2) is 4.68 Å². The van der Waals surface area contributed by atoms with Gasteiger partial charge in [0.2, 0.25) is 6.29 Å².